The number of anilines is 2. The van der Waals surface area contributed by atoms with Crippen molar-refractivity contribution in [1.29, 1.82) is 0 Å². The van der Waals surface area contributed by atoms with Crippen LogP contribution in [0.3, 0.4) is 0 Å². The number of likely N-dealkylation sites (tertiary alicyclic amines) is 1. The first kappa shape index (κ1) is 27.3. The van der Waals surface area contributed by atoms with Crippen LogP contribution in [0.15, 0.2) is 31.4 Å². The molecule has 17 heteroatoms. The van der Waals surface area contributed by atoms with Crippen LogP contribution >= 0.6 is 0 Å². The van der Waals surface area contributed by atoms with Crippen LogP contribution in [0.1, 0.15) is 13.0 Å². The van der Waals surface area contributed by atoms with E-state index in [1.165, 1.54) is 17.1 Å². The lowest BCUT2D eigenvalue weighted by Crippen LogP contribution is -2.59. The van der Waals surface area contributed by atoms with Gasteiger partial charge in [0.25, 0.3) is 5.92 Å². The molecule has 0 aromatic carbocycles. The molecule has 0 radical (unpaired) electrons. The maximum Gasteiger partial charge on any atom is 0.333 e. The molecule has 0 saturated carbocycles. The summed E-state index contributed by atoms with van der Waals surface area (Å²) < 4.78 is 62.8. The summed E-state index contributed by atoms with van der Waals surface area (Å²) in [7, 11) is 0. The van der Waals surface area contributed by atoms with Crippen molar-refractivity contribution in [2.45, 2.75) is 24.9 Å². The number of fused-ring (bicyclic) bond motifs is 1. The van der Waals surface area contributed by atoms with Crippen molar-refractivity contribution in [3.63, 3.8) is 0 Å². The van der Waals surface area contributed by atoms with Crippen LogP contribution in [-0.4, -0.2) is 104 Å². The summed E-state index contributed by atoms with van der Waals surface area (Å²) in [5.74, 6) is -4.21. The van der Waals surface area contributed by atoms with Gasteiger partial charge in [0, 0.05) is 19.6 Å². The van der Waals surface area contributed by atoms with Crippen molar-refractivity contribution in [1.82, 2.24) is 39.5 Å². The van der Waals surface area contributed by atoms with Crippen LogP contribution in [0.25, 0.3) is 16.9 Å². The molecular weight excluding hydrogens is 540 g/mol. The van der Waals surface area contributed by atoms with Gasteiger partial charge in [-0.2, -0.15) is 23.8 Å². The number of nitrogens with one attached hydrogen (secondary N) is 2. The third kappa shape index (κ3) is 5.54. The lowest BCUT2D eigenvalue weighted by atomic mass is 10.0. The number of nitrogens with zero attached hydrogens (tertiary/aromatic N) is 8. The number of piperidine rings is 1. The molecule has 0 spiro atoms. The van der Waals surface area contributed by atoms with E-state index in [0.717, 1.165) is 17.2 Å². The minimum absolute atomic E-state index is 0.0494. The Kier molecular flexibility index (Phi) is 7.55. The molecule has 2 aliphatic rings. The summed E-state index contributed by atoms with van der Waals surface area (Å²) in [6.45, 7) is 1.16. The quantitative estimate of drug-likeness (QED) is 0.305. The highest BCUT2D eigenvalue weighted by molar-refractivity contribution is 5.89. The SMILES string of the molecule is C=CC(=O)N1CCC(NC(=O)CNc2nc(N3CCOCC3)nc3c2ncn3-c2cnn(C(F)F)c2)C(F)(F)C1. The van der Waals surface area contributed by atoms with Gasteiger partial charge in [-0.05, 0) is 12.5 Å². The van der Waals surface area contributed by atoms with Gasteiger partial charge in [-0.1, -0.05) is 6.58 Å². The first-order chi connectivity index (χ1) is 19.2. The van der Waals surface area contributed by atoms with Gasteiger partial charge in [-0.3, -0.25) is 14.2 Å². The lowest BCUT2D eigenvalue weighted by Gasteiger charge is -2.38. The zero-order valence-electron chi connectivity index (χ0n) is 21.1. The molecule has 5 heterocycles. The summed E-state index contributed by atoms with van der Waals surface area (Å²) >= 11 is 0. The number of alkyl halides is 4. The number of carbonyl (C=O) groups is 2. The lowest BCUT2D eigenvalue weighted by molar-refractivity contribution is -0.143. The Hall–Kier alpha value is -4.28. The van der Waals surface area contributed by atoms with E-state index in [1.807, 2.05) is 4.90 Å². The molecule has 1 atom stereocenters. The van der Waals surface area contributed by atoms with Crippen molar-refractivity contribution >= 4 is 34.7 Å². The molecule has 13 nitrogen and oxygen atoms in total. The van der Waals surface area contributed by atoms with Gasteiger partial charge >= 0.3 is 6.55 Å². The Labute approximate surface area is 224 Å². The fraction of sp³-hybridized carbons (Fsp3) is 0.478. The molecule has 0 bridgehead atoms. The van der Waals surface area contributed by atoms with Gasteiger partial charge in [0.15, 0.2) is 17.0 Å². The standard InChI is InChI=1S/C23H26F4N10O3/c1-2-17(39)35-4-3-15(23(26,27)12-35)31-16(38)10-28-19-18-20(33-22(32-19)34-5-7-40-8-6-34)36(13-29-18)14-9-30-37(11-14)21(24)25/h2,9,11,13,15,21H,1,3-8,10,12H2,(H,31,38)(H,28,32,33). The number of carbonyl (C=O) groups excluding carboxylic acids is 2. The molecule has 3 aromatic rings. The summed E-state index contributed by atoms with van der Waals surface area (Å²) in [5, 5.41) is 8.83. The normalized spacial score (nSPS) is 19.2. The Morgan fingerprint density at radius 2 is 2.00 bits per heavy atom. The molecule has 0 aliphatic carbocycles. The molecule has 2 amide bonds. The Morgan fingerprint density at radius 1 is 1.23 bits per heavy atom. The van der Waals surface area contributed by atoms with Crippen LogP contribution in [-0.2, 0) is 14.3 Å². The molecule has 2 N–H and O–H groups in total. The van der Waals surface area contributed by atoms with Crippen LogP contribution in [0.2, 0.25) is 0 Å². The third-order valence-electron chi connectivity index (χ3n) is 6.58. The van der Waals surface area contributed by atoms with Crippen molar-refractivity contribution in [3.05, 3.63) is 31.4 Å². The second kappa shape index (κ2) is 11.1. The smallest absolute Gasteiger partial charge is 0.333 e. The van der Waals surface area contributed by atoms with Crippen LogP contribution in [0.4, 0.5) is 29.3 Å². The van der Waals surface area contributed by atoms with E-state index in [0.29, 0.717) is 31.0 Å². The molecule has 3 aromatic heterocycles. The van der Waals surface area contributed by atoms with Crippen LogP contribution in [0, 0.1) is 0 Å². The Bertz CT molecular complexity index is 1400. The van der Waals surface area contributed by atoms with Crippen molar-refractivity contribution in [3.8, 4) is 5.69 Å². The van der Waals surface area contributed by atoms with Gasteiger partial charge < -0.3 is 25.2 Å². The van der Waals surface area contributed by atoms with Gasteiger partial charge in [-0.25, -0.2) is 18.4 Å². The average molecular weight is 567 g/mol. The molecule has 40 heavy (non-hydrogen) atoms. The number of aromatic nitrogens is 6. The van der Waals surface area contributed by atoms with Crippen molar-refractivity contribution in [2.75, 3.05) is 56.2 Å². The number of rotatable bonds is 8. The highest BCUT2D eigenvalue weighted by Gasteiger charge is 2.46. The zero-order valence-corrected chi connectivity index (χ0v) is 21.1. The number of amides is 2. The van der Waals surface area contributed by atoms with E-state index in [-0.39, 0.29) is 41.6 Å². The van der Waals surface area contributed by atoms with E-state index in [9.17, 15) is 27.2 Å². The first-order valence-electron chi connectivity index (χ1n) is 12.4. The molecule has 1 unspecified atom stereocenters. The van der Waals surface area contributed by atoms with Gasteiger partial charge in [-0.15, -0.1) is 0 Å². The number of morpholine rings is 1. The minimum Gasteiger partial charge on any atom is -0.378 e. The van der Waals surface area contributed by atoms with Gasteiger partial charge in [0.1, 0.15) is 6.33 Å². The monoisotopic (exact) mass is 566 g/mol. The molecule has 2 saturated heterocycles. The zero-order chi connectivity index (χ0) is 28.4. The minimum atomic E-state index is -3.33. The maximum absolute atomic E-state index is 14.7. The summed E-state index contributed by atoms with van der Waals surface area (Å²) in [6, 6.07) is -1.46. The molecule has 214 valence electrons. The second-order valence-corrected chi connectivity index (χ2v) is 9.20. The Balaban J connectivity index is 1.36. The molecule has 2 fully saturated rings. The number of halogens is 4. The molecule has 2 aliphatic heterocycles. The summed E-state index contributed by atoms with van der Waals surface area (Å²) in [4.78, 5) is 40.6. The average Bonchev–Trinajstić information content (AvgIpc) is 3.60. The largest absolute Gasteiger partial charge is 0.378 e. The number of hydrogen-bond donors (Lipinski definition) is 2. The van der Waals surface area contributed by atoms with E-state index in [2.05, 4.69) is 37.3 Å². The number of ether oxygens (including phenoxy) is 1. The third-order valence-corrected chi connectivity index (χ3v) is 6.58. The summed E-state index contributed by atoms with van der Waals surface area (Å²) in [6.07, 6.45) is 4.57. The first-order valence-corrected chi connectivity index (χ1v) is 12.4. The fourth-order valence-electron chi connectivity index (χ4n) is 4.51. The molecule has 5 rings (SSSR count). The number of imidazole rings is 1. The highest BCUT2D eigenvalue weighted by Crippen LogP contribution is 2.28. The van der Waals surface area contributed by atoms with E-state index < -0.39 is 43.4 Å². The van der Waals surface area contributed by atoms with E-state index in [4.69, 9.17) is 4.74 Å². The predicted octanol–water partition coefficient (Wildman–Crippen LogP) is 1.19. The van der Waals surface area contributed by atoms with E-state index >= 15 is 0 Å². The Morgan fingerprint density at radius 3 is 2.67 bits per heavy atom. The van der Waals surface area contributed by atoms with Gasteiger partial charge in [0.2, 0.25) is 17.8 Å². The fourth-order valence-corrected chi connectivity index (χ4v) is 4.51. The topological polar surface area (TPSA) is 135 Å². The molecular formula is C23H26F4N10O3. The van der Waals surface area contributed by atoms with Crippen LogP contribution in [0.5, 0.6) is 0 Å². The van der Waals surface area contributed by atoms with Crippen molar-refractivity contribution < 1.29 is 31.9 Å². The number of hydrogen-bond acceptors (Lipinski definition) is 9. The predicted molar refractivity (Wildman–Crippen MR) is 133 cm³/mol. The summed E-state index contributed by atoms with van der Waals surface area (Å²) in [5.41, 5.74) is 0.775. The second-order valence-electron chi connectivity index (χ2n) is 9.20. The maximum atomic E-state index is 14.7. The van der Waals surface area contributed by atoms with E-state index in [1.54, 1.807) is 0 Å². The van der Waals surface area contributed by atoms with Crippen LogP contribution < -0.4 is 15.5 Å². The highest BCUT2D eigenvalue weighted by atomic mass is 19.3. The van der Waals surface area contributed by atoms with Gasteiger partial charge in [0.05, 0.1) is 50.4 Å². The van der Waals surface area contributed by atoms with Crippen molar-refractivity contribution in [2.24, 2.45) is 0 Å².